The number of phenolic OH excluding ortho intramolecular Hbond substituents is 1. The summed E-state index contributed by atoms with van der Waals surface area (Å²) in [6.07, 6.45) is 0.571. The van der Waals surface area contributed by atoms with Crippen molar-refractivity contribution in [3.05, 3.63) is 64.2 Å². The first kappa shape index (κ1) is 12.5. The number of rotatable bonds is 3. The van der Waals surface area contributed by atoms with Crippen molar-refractivity contribution in [2.24, 2.45) is 5.73 Å². The van der Waals surface area contributed by atoms with E-state index in [9.17, 15) is 9.90 Å². The van der Waals surface area contributed by atoms with Crippen molar-refractivity contribution in [3.63, 3.8) is 0 Å². The van der Waals surface area contributed by atoms with Gasteiger partial charge >= 0.3 is 0 Å². The van der Waals surface area contributed by atoms with Crippen LogP contribution in [0.15, 0.2) is 42.5 Å². The topological polar surface area (TPSA) is 63.3 Å². The first-order chi connectivity index (χ1) is 8.56. The third kappa shape index (κ3) is 2.81. The molecule has 0 spiro atoms. The second-order valence-corrected chi connectivity index (χ2v) is 4.45. The average molecular weight is 262 g/mol. The minimum Gasteiger partial charge on any atom is -0.508 e. The van der Waals surface area contributed by atoms with Gasteiger partial charge in [-0.25, -0.2) is 0 Å². The minimum absolute atomic E-state index is 0.0706. The second-order valence-electron chi connectivity index (χ2n) is 4.01. The molecular weight excluding hydrogens is 250 g/mol. The molecule has 0 radical (unpaired) electrons. The molecular formula is C14H12ClNO2. The van der Waals surface area contributed by atoms with E-state index in [1.54, 1.807) is 24.3 Å². The number of hydrogen-bond acceptors (Lipinski definition) is 2. The van der Waals surface area contributed by atoms with Gasteiger partial charge in [0, 0.05) is 17.0 Å². The Kier molecular flexibility index (Phi) is 3.53. The lowest BCUT2D eigenvalue weighted by molar-refractivity contribution is 0.1000. The van der Waals surface area contributed by atoms with Crippen LogP contribution < -0.4 is 5.73 Å². The van der Waals surface area contributed by atoms with Crippen molar-refractivity contribution in [2.45, 2.75) is 6.42 Å². The number of aromatic hydroxyl groups is 1. The van der Waals surface area contributed by atoms with Crippen LogP contribution in [0.3, 0.4) is 0 Å². The minimum atomic E-state index is -0.552. The number of hydrogen-bond donors (Lipinski definition) is 2. The fraction of sp³-hybridized carbons (Fsp3) is 0.0714. The molecule has 0 heterocycles. The highest BCUT2D eigenvalue weighted by molar-refractivity contribution is 6.30. The second kappa shape index (κ2) is 5.10. The first-order valence-electron chi connectivity index (χ1n) is 5.42. The van der Waals surface area contributed by atoms with E-state index < -0.39 is 5.91 Å². The van der Waals surface area contributed by atoms with Gasteiger partial charge in [-0.2, -0.15) is 0 Å². The Hall–Kier alpha value is -2.00. The van der Waals surface area contributed by atoms with E-state index in [0.29, 0.717) is 17.0 Å². The molecule has 0 aliphatic heterocycles. The molecule has 0 saturated heterocycles. The molecule has 0 unspecified atom stereocenters. The van der Waals surface area contributed by atoms with Gasteiger partial charge in [0.05, 0.1) is 0 Å². The van der Waals surface area contributed by atoms with Crippen molar-refractivity contribution in [1.82, 2.24) is 0 Å². The third-order valence-corrected chi connectivity index (χ3v) is 2.93. The van der Waals surface area contributed by atoms with Crippen LogP contribution in [0, 0.1) is 0 Å². The van der Waals surface area contributed by atoms with Gasteiger partial charge in [0.15, 0.2) is 0 Å². The van der Waals surface area contributed by atoms with Crippen LogP contribution in [0.25, 0.3) is 0 Å². The Labute approximate surface area is 110 Å². The Balaban J connectivity index is 2.24. The Morgan fingerprint density at radius 1 is 1.17 bits per heavy atom. The molecule has 0 saturated carbocycles. The molecule has 2 aromatic rings. The predicted octanol–water partition coefficient (Wildman–Crippen LogP) is 2.74. The number of amides is 1. The van der Waals surface area contributed by atoms with Gasteiger partial charge in [0.2, 0.25) is 5.91 Å². The summed E-state index contributed by atoms with van der Waals surface area (Å²) in [5.41, 5.74) is 7.20. The Bertz CT molecular complexity index is 579. The molecule has 0 aliphatic carbocycles. The third-order valence-electron chi connectivity index (χ3n) is 2.68. The van der Waals surface area contributed by atoms with Crippen LogP contribution >= 0.6 is 11.6 Å². The van der Waals surface area contributed by atoms with Gasteiger partial charge < -0.3 is 10.8 Å². The summed E-state index contributed by atoms with van der Waals surface area (Å²) in [4.78, 5) is 11.0. The fourth-order valence-electron chi connectivity index (χ4n) is 1.69. The van der Waals surface area contributed by atoms with E-state index in [-0.39, 0.29) is 5.75 Å². The van der Waals surface area contributed by atoms with Crippen LogP contribution in [0.2, 0.25) is 5.02 Å². The zero-order valence-electron chi connectivity index (χ0n) is 9.56. The largest absolute Gasteiger partial charge is 0.508 e. The van der Waals surface area contributed by atoms with Gasteiger partial charge in [0.25, 0.3) is 0 Å². The monoisotopic (exact) mass is 261 g/mol. The summed E-state index contributed by atoms with van der Waals surface area (Å²) in [7, 11) is 0. The zero-order valence-corrected chi connectivity index (χ0v) is 10.3. The lowest BCUT2D eigenvalue weighted by Gasteiger charge is -2.06. The molecule has 3 nitrogen and oxygen atoms in total. The molecule has 92 valence electrons. The number of carbonyl (C=O) groups excluding carboxylic acids is 1. The normalized spacial score (nSPS) is 10.3. The van der Waals surface area contributed by atoms with Gasteiger partial charge in [0.1, 0.15) is 5.75 Å². The average Bonchev–Trinajstić information content (AvgIpc) is 2.34. The fourth-order valence-corrected chi connectivity index (χ4v) is 1.81. The summed E-state index contributed by atoms with van der Waals surface area (Å²) in [6.45, 7) is 0. The molecule has 2 rings (SSSR count). The molecule has 0 aromatic heterocycles. The van der Waals surface area contributed by atoms with Crippen molar-refractivity contribution < 1.29 is 9.90 Å². The first-order valence-corrected chi connectivity index (χ1v) is 5.80. The van der Waals surface area contributed by atoms with E-state index in [2.05, 4.69) is 0 Å². The van der Waals surface area contributed by atoms with Crippen molar-refractivity contribution >= 4 is 17.5 Å². The maximum absolute atomic E-state index is 11.0. The van der Waals surface area contributed by atoms with E-state index in [0.717, 1.165) is 11.1 Å². The van der Waals surface area contributed by atoms with Crippen molar-refractivity contribution in [1.29, 1.82) is 0 Å². The van der Waals surface area contributed by atoms with Gasteiger partial charge in [-0.05, 0) is 35.4 Å². The van der Waals surface area contributed by atoms with E-state index in [4.69, 9.17) is 17.3 Å². The molecule has 0 aliphatic rings. The molecule has 18 heavy (non-hydrogen) atoms. The number of primary amides is 1. The van der Waals surface area contributed by atoms with Crippen LogP contribution in [0.5, 0.6) is 5.75 Å². The number of phenols is 1. The van der Waals surface area contributed by atoms with Gasteiger partial charge in [-0.15, -0.1) is 0 Å². The summed E-state index contributed by atoms with van der Waals surface area (Å²) in [5, 5.41) is 10.5. The number of carbonyl (C=O) groups is 1. The summed E-state index contributed by atoms with van der Waals surface area (Å²) in [5.74, 6) is -0.482. The highest BCUT2D eigenvalue weighted by Gasteiger charge is 2.07. The van der Waals surface area contributed by atoms with Crippen molar-refractivity contribution in [3.8, 4) is 5.75 Å². The van der Waals surface area contributed by atoms with Gasteiger partial charge in [-0.3, -0.25) is 4.79 Å². The molecule has 1 amide bonds. The molecule has 0 fully saturated rings. The molecule has 3 N–H and O–H groups in total. The number of benzene rings is 2. The molecule has 0 bridgehead atoms. The maximum atomic E-state index is 11.0. The SMILES string of the molecule is NC(=O)c1ccc(Cc2ccc(Cl)cc2)c(O)c1. The van der Waals surface area contributed by atoms with E-state index in [1.165, 1.54) is 6.07 Å². The lowest BCUT2D eigenvalue weighted by atomic mass is 10.0. The highest BCUT2D eigenvalue weighted by Crippen LogP contribution is 2.22. The lowest BCUT2D eigenvalue weighted by Crippen LogP contribution is -2.10. The Morgan fingerprint density at radius 3 is 2.39 bits per heavy atom. The standard InChI is InChI=1S/C14H12ClNO2/c15-12-5-1-9(2-6-12)7-10-3-4-11(14(16)18)8-13(10)17/h1-6,8,17H,7H2,(H2,16,18). The van der Waals surface area contributed by atoms with Crippen LogP contribution in [-0.2, 0) is 6.42 Å². The molecule has 4 heteroatoms. The van der Waals surface area contributed by atoms with Crippen molar-refractivity contribution in [2.75, 3.05) is 0 Å². The molecule has 2 aromatic carbocycles. The Morgan fingerprint density at radius 2 is 1.83 bits per heavy atom. The maximum Gasteiger partial charge on any atom is 0.248 e. The molecule has 0 atom stereocenters. The van der Waals surface area contributed by atoms with Crippen LogP contribution in [-0.4, -0.2) is 11.0 Å². The van der Waals surface area contributed by atoms with E-state index in [1.807, 2.05) is 12.1 Å². The smallest absolute Gasteiger partial charge is 0.248 e. The summed E-state index contributed by atoms with van der Waals surface area (Å²) >= 11 is 5.80. The predicted molar refractivity (Wildman–Crippen MR) is 70.9 cm³/mol. The van der Waals surface area contributed by atoms with Gasteiger partial charge in [-0.1, -0.05) is 29.8 Å². The van der Waals surface area contributed by atoms with Crippen LogP contribution in [0.4, 0.5) is 0 Å². The van der Waals surface area contributed by atoms with Crippen LogP contribution in [0.1, 0.15) is 21.5 Å². The summed E-state index contributed by atoms with van der Waals surface area (Å²) < 4.78 is 0. The summed E-state index contributed by atoms with van der Waals surface area (Å²) in [6, 6.07) is 12.1. The quantitative estimate of drug-likeness (QED) is 0.892. The number of nitrogens with two attached hydrogens (primary N) is 1. The highest BCUT2D eigenvalue weighted by atomic mass is 35.5. The zero-order chi connectivity index (χ0) is 13.1. The number of halogens is 1. The van der Waals surface area contributed by atoms with E-state index >= 15 is 0 Å².